The lowest BCUT2D eigenvalue weighted by Crippen LogP contribution is -2.53. The lowest BCUT2D eigenvalue weighted by molar-refractivity contribution is 0.0317. The topological polar surface area (TPSA) is 49.8 Å². The summed E-state index contributed by atoms with van der Waals surface area (Å²) in [4.78, 5) is 15.0. The first-order valence-electron chi connectivity index (χ1n) is 10.3. The largest absolute Gasteiger partial charge is 0.443 e. The zero-order chi connectivity index (χ0) is 22.2. The second-order valence-electron chi connectivity index (χ2n) is 8.82. The number of nitrogens with zero attached hydrogens (tertiary/aromatic N) is 1. The first-order valence-corrected chi connectivity index (χ1v) is 10.7. The molecule has 1 aliphatic heterocycles. The lowest BCUT2D eigenvalue weighted by atomic mass is 9.78. The second-order valence-corrected chi connectivity index (χ2v) is 9.22. The fraction of sp³-hybridized carbons (Fsp3) is 0.269. The van der Waals surface area contributed by atoms with E-state index in [0.717, 1.165) is 5.56 Å². The molecule has 0 aromatic heterocycles. The summed E-state index contributed by atoms with van der Waals surface area (Å²) in [6.07, 6.45) is -0.0928. The van der Waals surface area contributed by atoms with Crippen LogP contribution in [-0.2, 0) is 16.8 Å². The molecular formula is C26H26ClNO3. The van der Waals surface area contributed by atoms with Crippen LogP contribution in [-0.4, -0.2) is 22.8 Å². The standard InChI is InChI=1S/C26H26ClNO3/c1-25(2,3)31-24(29)28-22(17-18-11-10-16-21(27)23(18)28)26(30,19-12-6-4-7-13-19)20-14-8-5-9-15-20/h4-16,22,30H,17H2,1-3H3/t22-/m1/s1. The number of ether oxygens (including phenoxy) is 1. The van der Waals surface area contributed by atoms with Crippen molar-refractivity contribution in [1.82, 2.24) is 0 Å². The molecule has 0 saturated carbocycles. The average molecular weight is 436 g/mol. The highest BCUT2D eigenvalue weighted by Gasteiger charge is 2.51. The summed E-state index contributed by atoms with van der Waals surface area (Å²) in [5.74, 6) is 0. The number of anilines is 1. The van der Waals surface area contributed by atoms with Crippen molar-refractivity contribution < 1.29 is 14.6 Å². The Kier molecular flexibility index (Phi) is 5.54. The van der Waals surface area contributed by atoms with E-state index in [1.807, 2.05) is 93.6 Å². The number of rotatable bonds is 3. The Balaban J connectivity index is 1.92. The van der Waals surface area contributed by atoms with Crippen molar-refractivity contribution in [3.63, 3.8) is 0 Å². The second kappa shape index (κ2) is 8.03. The molecule has 0 aliphatic carbocycles. The van der Waals surface area contributed by atoms with Crippen molar-refractivity contribution in [1.29, 1.82) is 0 Å². The van der Waals surface area contributed by atoms with Crippen LogP contribution in [0.3, 0.4) is 0 Å². The van der Waals surface area contributed by atoms with Gasteiger partial charge in [-0.15, -0.1) is 0 Å². The van der Waals surface area contributed by atoms with E-state index in [2.05, 4.69) is 0 Å². The molecule has 1 amide bonds. The van der Waals surface area contributed by atoms with Gasteiger partial charge < -0.3 is 9.84 Å². The number of hydrogen-bond acceptors (Lipinski definition) is 3. The van der Waals surface area contributed by atoms with Crippen LogP contribution in [0.5, 0.6) is 0 Å². The molecule has 4 rings (SSSR count). The van der Waals surface area contributed by atoms with Gasteiger partial charge in [0.25, 0.3) is 0 Å². The van der Waals surface area contributed by atoms with Crippen molar-refractivity contribution >= 4 is 23.4 Å². The van der Waals surface area contributed by atoms with Crippen molar-refractivity contribution in [3.05, 3.63) is 101 Å². The fourth-order valence-electron chi connectivity index (χ4n) is 4.25. The summed E-state index contributed by atoms with van der Waals surface area (Å²) in [7, 11) is 0. The summed E-state index contributed by atoms with van der Waals surface area (Å²) in [5.41, 5.74) is 0.722. The molecule has 4 nitrogen and oxygen atoms in total. The molecule has 0 spiro atoms. The fourth-order valence-corrected chi connectivity index (χ4v) is 4.54. The van der Waals surface area contributed by atoms with Crippen molar-refractivity contribution in [2.45, 2.75) is 44.4 Å². The third kappa shape index (κ3) is 3.93. The molecule has 0 unspecified atom stereocenters. The number of halogens is 1. The van der Waals surface area contributed by atoms with Gasteiger partial charge in [0.1, 0.15) is 11.2 Å². The van der Waals surface area contributed by atoms with Crippen LogP contribution < -0.4 is 4.90 Å². The monoisotopic (exact) mass is 435 g/mol. The molecule has 1 aliphatic rings. The molecule has 1 N–H and O–H groups in total. The Morgan fingerprint density at radius 1 is 0.935 bits per heavy atom. The Bertz CT molecular complexity index is 1040. The maximum atomic E-state index is 13.4. The van der Waals surface area contributed by atoms with Gasteiger partial charge in [-0.25, -0.2) is 4.79 Å². The number of hydrogen-bond donors (Lipinski definition) is 1. The maximum Gasteiger partial charge on any atom is 0.415 e. The van der Waals surface area contributed by atoms with E-state index in [1.54, 1.807) is 6.07 Å². The van der Waals surface area contributed by atoms with Crippen LogP contribution >= 0.6 is 11.6 Å². The maximum absolute atomic E-state index is 13.4. The van der Waals surface area contributed by atoms with E-state index in [0.29, 0.717) is 28.3 Å². The summed E-state index contributed by atoms with van der Waals surface area (Å²) >= 11 is 6.56. The Morgan fingerprint density at radius 2 is 1.48 bits per heavy atom. The van der Waals surface area contributed by atoms with Crippen molar-refractivity contribution in [3.8, 4) is 0 Å². The van der Waals surface area contributed by atoms with Gasteiger partial charge in [-0.3, -0.25) is 4.90 Å². The van der Waals surface area contributed by atoms with E-state index in [1.165, 1.54) is 4.90 Å². The quantitative estimate of drug-likeness (QED) is 0.553. The van der Waals surface area contributed by atoms with Crippen LogP contribution in [0.4, 0.5) is 10.5 Å². The zero-order valence-electron chi connectivity index (χ0n) is 17.9. The first kappa shape index (κ1) is 21.4. The highest BCUT2D eigenvalue weighted by Crippen LogP contribution is 2.47. The summed E-state index contributed by atoms with van der Waals surface area (Å²) < 4.78 is 5.75. The Hall–Kier alpha value is -2.82. The van der Waals surface area contributed by atoms with Crippen LogP contribution in [0.2, 0.25) is 5.02 Å². The smallest absolute Gasteiger partial charge is 0.415 e. The molecule has 3 aromatic rings. The number of benzene rings is 3. The van der Waals surface area contributed by atoms with Crippen LogP contribution in [0.15, 0.2) is 78.9 Å². The summed E-state index contributed by atoms with van der Waals surface area (Å²) in [6, 6.07) is 23.8. The average Bonchev–Trinajstić information content (AvgIpc) is 3.15. The number of carbonyl (C=O) groups excluding carboxylic acids is 1. The molecule has 3 aromatic carbocycles. The van der Waals surface area contributed by atoms with Crippen molar-refractivity contribution in [2.24, 2.45) is 0 Å². The van der Waals surface area contributed by atoms with Crippen molar-refractivity contribution in [2.75, 3.05) is 4.90 Å². The van der Waals surface area contributed by atoms with Gasteiger partial charge in [-0.1, -0.05) is 84.4 Å². The molecule has 1 atom stereocenters. The minimum absolute atomic E-state index is 0.440. The zero-order valence-corrected chi connectivity index (χ0v) is 18.6. The molecule has 5 heteroatoms. The molecule has 160 valence electrons. The van der Waals surface area contributed by atoms with Gasteiger partial charge in [0.15, 0.2) is 0 Å². The number of carbonyl (C=O) groups is 1. The Morgan fingerprint density at radius 3 is 2.00 bits per heavy atom. The molecule has 1 heterocycles. The molecule has 31 heavy (non-hydrogen) atoms. The Labute approximate surface area is 188 Å². The van der Waals surface area contributed by atoms with E-state index < -0.39 is 23.3 Å². The van der Waals surface area contributed by atoms with Gasteiger partial charge >= 0.3 is 6.09 Å². The van der Waals surface area contributed by atoms with E-state index in [9.17, 15) is 9.90 Å². The van der Waals surface area contributed by atoms with E-state index >= 15 is 0 Å². The highest BCUT2D eigenvalue weighted by molar-refractivity contribution is 6.34. The van der Waals surface area contributed by atoms with Crippen LogP contribution in [0, 0.1) is 0 Å². The van der Waals surface area contributed by atoms with Gasteiger partial charge in [-0.2, -0.15) is 0 Å². The van der Waals surface area contributed by atoms with Gasteiger partial charge in [0.2, 0.25) is 0 Å². The minimum Gasteiger partial charge on any atom is -0.443 e. The van der Waals surface area contributed by atoms with Gasteiger partial charge in [-0.05, 0) is 49.9 Å². The SMILES string of the molecule is CC(C)(C)OC(=O)N1c2c(Cl)cccc2C[C@@H]1C(O)(c1ccccc1)c1ccccc1. The molecule has 0 saturated heterocycles. The summed E-state index contributed by atoms with van der Waals surface area (Å²) in [5, 5.41) is 12.8. The molecule has 0 bridgehead atoms. The number of fused-ring (bicyclic) bond motifs is 1. The first-order chi connectivity index (χ1) is 14.7. The van der Waals surface area contributed by atoms with Crippen LogP contribution in [0.25, 0.3) is 0 Å². The normalized spacial score (nSPS) is 16.2. The number of amides is 1. The van der Waals surface area contributed by atoms with E-state index in [4.69, 9.17) is 16.3 Å². The predicted octanol–water partition coefficient (Wildman–Crippen LogP) is 5.94. The van der Waals surface area contributed by atoms with Crippen LogP contribution in [0.1, 0.15) is 37.5 Å². The molecular weight excluding hydrogens is 410 g/mol. The predicted molar refractivity (Wildman–Crippen MR) is 124 cm³/mol. The number of aliphatic hydroxyl groups is 1. The number of para-hydroxylation sites is 1. The van der Waals surface area contributed by atoms with Gasteiger partial charge in [0, 0.05) is 0 Å². The third-order valence-corrected chi connectivity index (χ3v) is 5.84. The van der Waals surface area contributed by atoms with E-state index in [-0.39, 0.29) is 0 Å². The minimum atomic E-state index is -1.47. The van der Waals surface area contributed by atoms with Gasteiger partial charge in [0.05, 0.1) is 16.8 Å². The highest BCUT2D eigenvalue weighted by atomic mass is 35.5. The third-order valence-electron chi connectivity index (χ3n) is 5.54. The molecule has 0 radical (unpaired) electrons. The molecule has 0 fully saturated rings. The summed E-state index contributed by atoms with van der Waals surface area (Å²) in [6.45, 7) is 5.47. The lowest BCUT2D eigenvalue weighted by Gasteiger charge is -2.40.